The van der Waals surface area contributed by atoms with Gasteiger partial charge in [-0.25, -0.2) is 9.59 Å². The largest absolute Gasteiger partial charge is 0.479 e. The molecule has 1 aromatic heterocycles. The van der Waals surface area contributed by atoms with Crippen LogP contribution < -0.4 is 0 Å². The van der Waals surface area contributed by atoms with Crippen LogP contribution in [0.25, 0.3) is 10.9 Å². The lowest BCUT2D eigenvalue weighted by Crippen LogP contribution is -2.27. The molecule has 0 aliphatic carbocycles. The minimum absolute atomic E-state index is 0.107. The Morgan fingerprint density at radius 2 is 2.00 bits per heavy atom. The number of carboxylic acids is 1. The van der Waals surface area contributed by atoms with Crippen molar-refractivity contribution in [2.45, 2.75) is 12.2 Å². The molecule has 4 N–H and O–H groups in total. The van der Waals surface area contributed by atoms with Gasteiger partial charge in [-0.1, -0.05) is 0 Å². The number of aliphatic hydroxyl groups excluding tert-OH is 2. The summed E-state index contributed by atoms with van der Waals surface area (Å²) in [6.45, 7) is 0. The van der Waals surface area contributed by atoms with E-state index in [0.29, 0.717) is 10.9 Å². The predicted molar refractivity (Wildman–Crippen MR) is 68.2 cm³/mol. The van der Waals surface area contributed by atoms with E-state index >= 15 is 0 Å². The molecule has 0 fully saturated rings. The molecule has 20 heavy (non-hydrogen) atoms. The van der Waals surface area contributed by atoms with Gasteiger partial charge < -0.3 is 25.0 Å². The zero-order valence-electron chi connectivity index (χ0n) is 10.5. The molecule has 1 aromatic carbocycles. The first-order valence-corrected chi connectivity index (χ1v) is 5.74. The summed E-state index contributed by atoms with van der Waals surface area (Å²) in [6.07, 6.45) is -2.03. The van der Waals surface area contributed by atoms with Crippen molar-refractivity contribution in [2.24, 2.45) is 0 Å². The lowest BCUT2D eigenvalue weighted by molar-refractivity contribution is -0.153. The number of rotatable bonds is 4. The summed E-state index contributed by atoms with van der Waals surface area (Å²) in [5.41, 5.74) is 0.813. The Kier molecular flexibility index (Phi) is 3.73. The van der Waals surface area contributed by atoms with Gasteiger partial charge in [0.25, 0.3) is 0 Å². The summed E-state index contributed by atoms with van der Waals surface area (Å²) < 4.78 is 4.64. The Morgan fingerprint density at radius 3 is 2.60 bits per heavy atom. The minimum Gasteiger partial charge on any atom is -0.479 e. The standard InChI is InChI=1S/C13H13NO6/c1-20-13(19)8-4-6(10(15)11(16)12(17)18)5-9-7(8)2-3-14-9/h2-5,10-11,14-16H,1H3,(H,17,18). The molecule has 1 heterocycles. The first-order chi connectivity index (χ1) is 9.45. The monoisotopic (exact) mass is 279 g/mol. The van der Waals surface area contributed by atoms with Crippen molar-refractivity contribution in [3.8, 4) is 0 Å². The Labute approximate surface area is 113 Å². The number of fused-ring (bicyclic) bond motifs is 1. The van der Waals surface area contributed by atoms with Gasteiger partial charge in [-0.05, 0) is 23.8 Å². The summed E-state index contributed by atoms with van der Waals surface area (Å²) in [5.74, 6) is -2.17. The fourth-order valence-corrected chi connectivity index (χ4v) is 1.96. The van der Waals surface area contributed by atoms with Crippen LogP contribution in [0.5, 0.6) is 0 Å². The summed E-state index contributed by atoms with van der Waals surface area (Å²) in [4.78, 5) is 25.3. The maximum atomic E-state index is 11.7. The number of nitrogens with one attached hydrogen (secondary N) is 1. The predicted octanol–water partition coefficient (Wildman–Crippen LogP) is 0.433. The Morgan fingerprint density at radius 1 is 1.30 bits per heavy atom. The number of benzene rings is 1. The number of hydrogen-bond donors (Lipinski definition) is 4. The Bertz CT molecular complexity index is 662. The lowest BCUT2D eigenvalue weighted by atomic mass is 9.99. The number of aromatic nitrogens is 1. The highest BCUT2D eigenvalue weighted by Gasteiger charge is 2.27. The van der Waals surface area contributed by atoms with Gasteiger partial charge in [0, 0.05) is 17.1 Å². The highest BCUT2D eigenvalue weighted by atomic mass is 16.5. The average Bonchev–Trinajstić information content (AvgIpc) is 2.91. The van der Waals surface area contributed by atoms with Crippen molar-refractivity contribution in [3.05, 3.63) is 35.5 Å². The Hall–Kier alpha value is -2.38. The molecule has 2 unspecified atom stereocenters. The molecular weight excluding hydrogens is 266 g/mol. The van der Waals surface area contributed by atoms with Crippen LogP contribution in [-0.2, 0) is 9.53 Å². The molecule has 0 radical (unpaired) electrons. The number of carbonyl (C=O) groups excluding carboxylic acids is 1. The zero-order chi connectivity index (χ0) is 14.9. The van der Waals surface area contributed by atoms with Crippen LogP contribution in [0, 0.1) is 0 Å². The normalized spacial score (nSPS) is 13.9. The first-order valence-electron chi connectivity index (χ1n) is 5.74. The number of esters is 1. The van der Waals surface area contributed by atoms with E-state index in [1.165, 1.54) is 19.2 Å². The van der Waals surface area contributed by atoms with Crippen LogP contribution in [0.15, 0.2) is 24.4 Å². The molecule has 2 atom stereocenters. The van der Waals surface area contributed by atoms with Crippen LogP contribution in [0.2, 0.25) is 0 Å². The molecule has 2 aromatic rings. The van der Waals surface area contributed by atoms with Crippen molar-refractivity contribution in [1.29, 1.82) is 0 Å². The second kappa shape index (κ2) is 5.32. The SMILES string of the molecule is COC(=O)c1cc(C(O)C(O)C(=O)O)cc2[nH]ccc12. The maximum absolute atomic E-state index is 11.7. The van der Waals surface area contributed by atoms with E-state index in [9.17, 15) is 19.8 Å². The molecule has 0 bridgehead atoms. The van der Waals surface area contributed by atoms with Gasteiger partial charge in [-0.2, -0.15) is 0 Å². The molecule has 0 spiro atoms. The van der Waals surface area contributed by atoms with Crippen LogP contribution >= 0.6 is 0 Å². The van der Waals surface area contributed by atoms with E-state index in [-0.39, 0.29) is 11.1 Å². The van der Waals surface area contributed by atoms with Crippen molar-refractivity contribution in [3.63, 3.8) is 0 Å². The third kappa shape index (κ3) is 2.36. The van der Waals surface area contributed by atoms with Crippen LogP contribution in [0.1, 0.15) is 22.0 Å². The van der Waals surface area contributed by atoms with Crippen molar-refractivity contribution in [1.82, 2.24) is 4.98 Å². The number of aromatic amines is 1. The van der Waals surface area contributed by atoms with Gasteiger partial charge in [0.2, 0.25) is 0 Å². The van der Waals surface area contributed by atoms with Crippen molar-refractivity contribution in [2.75, 3.05) is 7.11 Å². The van der Waals surface area contributed by atoms with Crippen LogP contribution in [-0.4, -0.2) is 45.5 Å². The van der Waals surface area contributed by atoms with E-state index in [2.05, 4.69) is 9.72 Å². The summed E-state index contributed by atoms with van der Waals surface area (Å²) in [6, 6.07) is 4.43. The van der Waals surface area contributed by atoms with E-state index in [0.717, 1.165) is 0 Å². The van der Waals surface area contributed by atoms with Gasteiger partial charge in [-0.3, -0.25) is 0 Å². The number of aliphatic hydroxyl groups is 2. The van der Waals surface area contributed by atoms with Gasteiger partial charge in [0.05, 0.1) is 12.7 Å². The van der Waals surface area contributed by atoms with E-state index in [4.69, 9.17) is 5.11 Å². The van der Waals surface area contributed by atoms with E-state index < -0.39 is 24.1 Å². The number of carbonyl (C=O) groups is 2. The first kappa shape index (κ1) is 14.0. The van der Waals surface area contributed by atoms with Gasteiger partial charge in [0.1, 0.15) is 6.10 Å². The smallest absolute Gasteiger partial charge is 0.338 e. The number of hydrogen-bond acceptors (Lipinski definition) is 5. The topological polar surface area (TPSA) is 120 Å². The number of H-pyrrole nitrogens is 1. The number of ether oxygens (including phenoxy) is 1. The molecule has 0 amide bonds. The summed E-state index contributed by atoms with van der Waals surface area (Å²) in [5, 5.41) is 28.5. The average molecular weight is 279 g/mol. The molecule has 0 saturated carbocycles. The quantitative estimate of drug-likeness (QED) is 0.602. The van der Waals surface area contributed by atoms with Gasteiger partial charge in [0.15, 0.2) is 6.10 Å². The van der Waals surface area contributed by atoms with Crippen LogP contribution in [0.3, 0.4) is 0 Å². The molecule has 2 rings (SSSR count). The number of carboxylic acid groups (broad SMARTS) is 1. The maximum Gasteiger partial charge on any atom is 0.338 e. The Balaban J connectivity index is 2.55. The summed E-state index contributed by atoms with van der Waals surface area (Å²) in [7, 11) is 1.22. The van der Waals surface area contributed by atoms with E-state index in [1.54, 1.807) is 12.3 Å². The van der Waals surface area contributed by atoms with Crippen molar-refractivity contribution < 1.29 is 29.6 Å². The molecule has 0 aliphatic rings. The summed E-state index contributed by atoms with van der Waals surface area (Å²) >= 11 is 0. The molecule has 0 saturated heterocycles. The second-order valence-corrected chi connectivity index (χ2v) is 4.23. The molecule has 0 aliphatic heterocycles. The minimum atomic E-state index is -1.98. The third-order valence-electron chi connectivity index (χ3n) is 2.99. The lowest BCUT2D eigenvalue weighted by Gasteiger charge is -2.15. The highest BCUT2D eigenvalue weighted by molar-refractivity contribution is 6.04. The molecule has 106 valence electrons. The molecule has 7 nitrogen and oxygen atoms in total. The highest BCUT2D eigenvalue weighted by Crippen LogP contribution is 2.26. The van der Waals surface area contributed by atoms with Gasteiger partial charge >= 0.3 is 11.9 Å². The number of aliphatic carboxylic acids is 1. The fraction of sp³-hybridized carbons (Fsp3) is 0.231. The fourth-order valence-electron chi connectivity index (χ4n) is 1.96. The number of methoxy groups -OCH3 is 1. The zero-order valence-corrected chi connectivity index (χ0v) is 10.5. The van der Waals surface area contributed by atoms with Crippen molar-refractivity contribution >= 4 is 22.8 Å². The van der Waals surface area contributed by atoms with Gasteiger partial charge in [-0.15, -0.1) is 0 Å². The molecule has 7 heteroatoms. The third-order valence-corrected chi connectivity index (χ3v) is 2.99. The van der Waals surface area contributed by atoms with Crippen LogP contribution in [0.4, 0.5) is 0 Å². The second-order valence-electron chi connectivity index (χ2n) is 4.23. The van der Waals surface area contributed by atoms with E-state index in [1.807, 2.05) is 0 Å². The molecular formula is C13H13NO6.